The van der Waals surface area contributed by atoms with Crippen molar-refractivity contribution in [3.63, 3.8) is 0 Å². The third-order valence-corrected chi connectivity index (χ3v) is 5.27. The van der Waals surface area contributed by atoms with Crippen LogP contribution in [0.5, 0.6) is 0 Å². The molecule has 2 aromatic rings. The van der Waals surface area contributed by atoms with Crippen LogP contribution in [-0.4, -0.2) is 34.7 Å². The molecule has 0 saturated carbocycles. The van der Waals surface area contributed by atoms with Gasteiger partial charge in [-0.1, -0.05) is 18.2 Å². The van der Waals surface area contributed by atoms with E-state index in [4.69, 9.17) is 0 Å². The summed E-state index contributed by atoms with van der Waals surface area (Å²) in [7, 11) is -1.94. The minimum Gasteiger partial charge on any atom is -0.465 e. The topological polar surface area (TPSA) is 111 Å². The lowest BCUT2D eigenvalue weighted by Gasteiger charge is -2.08. The third-order valence-electron chi connectivity index (χ3n) is 2.66. The highest BCUT2D eigenvalue weighted by Gasteiger charge is 2.29. The molecule has 0 unspecified atom stereocenters. The van der Waals surface area contributed by atoms with Crippen molar-refractivity contribution in [2.24, 2.45) is 0 Å². The maximum atomic E-state index is 12.4. The molecule has 0 aliphatic carbocycles. The second-order valence-electron chi connectivity index (χ2n) is 3.97. The SMILES string of the molecule is COC(=O)NNS(=O)(=O)c1c(C(=O)OC)sc2ccccc12. The first-order chi connectivity index (χ1) is 10.4. The molecule has 0 spiro atoms. The van der Waals surface area contributed by atoms with Crippen molar-refractivity contribution in [2.45, 2.75) is 4.90 Å². The fourth-order valence-electron chi connectivity index (χ4n) is 1.73. The molecular weight excluding hydrogens is 332 g/mol. The molecule has 1 aromatic heterocycles. The number of benzene rings is 1. The Hall–Kier alpha value is -2.17. The summed E-state index contributed by atoms with van der Waals surface area (Å²) in [6.45, 7) is 0. The lowest BCUT2D eigenvalue weighted by Crippen LogP contribution is -2.41. The molecule has 1 heterocycles. The van der Waals surface area contributed by atoms with Gasteiger partial charge in [-0.25, -0.2) is 23.4 Å². The van der Waals surface area contributed by atoms with Crippen LogP contribution in [0.3, 0.4) is 0 Å². The molecule has 22 heavy (non-hydrogen) atoms. The van der Waals surface area contributed by atoms with Crippen LogP contribution < -0.4 is 10.3 Å². The smallest absolute Gasteiger partial charge is 0.422 e. The van der Waals surface area contributed by atoms with Gasteiger partial charge in [0.2, 0.25) is 0 Å². The van der Waals surface area contributed by atoms with E-state index in [0.29, 0.717) is 10.1 Å². The number of hydrazine groups is 1. The number of esters is 1. The van der Waals surface area contributed by atoms with Crippen LogP contribution in [0.1, 0.15) is 9.67 Å². The first-order valence-electron chi connectivity index (χ1n) is 5.86. The van der Waals surface area contributed by atoms with E-state index >= 15 is 0 Å². The van der Waals surface area contributed by atoms with Crippen molar-refractivity contribution in [1.29, 1.82) is 0 Å². The lowest BCUT2D eigenvalue weighted by molar-refractivity contribution is 0.0602. The van der Waals surface area contributed by atoms with Gasteiger partial charge < -0.3 is 9.47 Å². The minimum atomic E-state index is -4.19. The number of methoxy groups -OCH3 is 2. The molecule has 0 atom stereocenters. The zero-order valence-corrected chi connectivity index (χ0v) is 13.2. The second-order valence-corrected chi connectivity index (χ2v) is 6.64. The van der Waals surface area contributed by atoms with Crippen LogP contribution in [0.15, 0.2) is 29.2 Å². The molecule has 0 aliphatic heterocycles. The Morgan fingerprint density at radius 2 is 1.82 bits per heavy atom. The summed E-state index contributed by atoms with van der Waals surface area (Å²) in [6.07, 6.45) is -0.984. The summed E-state index contributed by atoms with van der Waals surface area (Å²) >= 11 is 0.986. The van der Waals surface area contributed by atoms with E-state index in [-0.39, 0.29) is 9.77 Å². The summed E-state index contributed by atoms with van der Waals surface area (Å²) in [5.74, 6) is -0.778. The van der Waals surface area contributed by atoms with E-state index < -0.39 is 22.1 Å². The summed E-state index contributed by atoms with van der Waals surface area (Å²) in [5.41, 5.74) is 1.86. The number of fused-ring (bicyclic) bond motifs is 1. The standard InChI is InChI=1S/C12H12N2O6S2/c1-19-11(15)9-10(7-5-3-4-6-8(7)21-9)22(17,18)14-13-12(16)20-2/h3-6,14H,1-2H3,(H,13,16). The van der Waals surface area contributed by atoms with E-state index in [1.807, 2.05) is 10.3 Å². The average Bonchev–Trinajstić information content (AvgIpc) is 2.92. The first kappa shape index (κ1) is 16.2. The van der Waals surface area contributed by atoms with Gasteiger partial charge in [0, 0.05) is 10.1 Å². The lowest BCUT2D eigenvalue weighted by atomic mass is 10.2. The zero-order valence-electron chi connectivity index (χ0n) is 11.6. The Balaban J connectivity index is 2.56. The molecular formula is C12H12N2O6S2. The molecule has 118 valence electrons. The highest BCUT2D eigenvalue weighted by molar-refractivity contribution is 7.90. The predicted octanol–water partition coefficient (Wildman–Crippen LogP) is 1.24. The predicted molar refractivity (Wildman–Crippen MR) is 79.0 cm³/mol. The molecule has 2 N–H and O–H groups in total. The molecule has 0 fully saturated rings. The second kappa shape index (κ2) is 6.30. The van der Waals surface area contributed by atoms with Crippen LogP contribution >= 0.6 is 11.3 Å². The molecule has 2 rings (SSSR count). The van der Waals surface area contributed by atoms with E-state index in [1.54, 1.807) is 24.3 Å². The Kier molecular flexibility index (Phi) is 4.64. The molecule has 0 radical (unpaired) electrons. The minimum absolute atomic E-state index is 0.0807. The summed E-state index contributed by atoms with van der Waals surface area (Å²) in [6, 6.07) is 6.60. The largest absolute Gasteiger partial charge is 0.465 e. The molecule has 1 aromatic carbocycles. The van der Waals surface area contributed by atoms with Gasteiger partial charge in [0.15, 0.2) is 0 Å². The molecule has 8 nitrogen and oxygen atoms in total. The number of sulfonamides is 1. The molecule has 10 heteroatoms. The number of carbonyl (C=O) groups is 2. The number of carbonyl (C=O) groups excluding carboxylic acids is 2. The van der Waals surface area contributed by atoms with Crippen LogP contribution in [0, 0.1) is 0 Å². The first-order valence-corrected chi connectivity index (χ1v) is 8.16. The number of amides is 1. The highest BCUT2D eigenvalue weighted by atomic mass is 32.2. The number of hydrogen-bond acceptors (Lipinski definition) is 7. The van der Waals surface area contributed by atoms with E-state index in [9.17, 15) is 18.0 Å². The van der Waals surface area contributed by atoms with Gasteiger partial charge >= 0.3 is 12.1 Å². The van der Waals surface area contributed by atoms with E-state index in [1.165, 1.54) is 0 Å². The van der Waals surface area contributed by atoms with Crippen molar-refractivity contribution < 1.29 is 27.5 Å². The average molecular weight is 344 g/mol. The molecule has 1 amide bonds. The fourth-order valence-corrected chi connectivity index (χ4v) is 4.38. The van der Waals surface area contributed by atoms with Crippen LogP contribution in [0.4, 0.5) is 4.79 Å². The zero-order chi connectivity index (χ0) is 16.3. The maximum Gasteiger partial charge on any atom is 0.422 e. The van der Waals surface area contributed by atoms with E-state index in [0.717, 1.165) is 25.6 Å². The Morgan fingerprint density at radius 1 is 1.14 bits per heavy atom. The van der Waals surface area contributed by atoms with Gasteiger partial charge in [-0.05, 0) is 6.07 Å². The number of ether oxygens (including phenoxy) is 2. The Morgan fingerprint density at radius 3 is 2.45 bits per heavy atom. The molecule has 0 bridgehead atoms. The quantitative estimate of drug-likeness (QED) is 0.638. The van der Waals surface area contributed by atoms with Gasteiger partial charge in [0.1, 0.15) is 9.77 Å². The third kappa shape index (κ3) is 3.03. The number of nitrogens with one attached hydrogen (secondary N) is 2. The van der Waals surface area contributed by atoms with Gasteiger partial charge in [0.05, 0.1) is 14.2 Å². The number of rotatable bonds is 4. The Bertz CT molecular complexity index is 827. The van der Waals surface area contributed by atoms with Crippen molar-refractivity contribution in [3.8, 4) is 0 Å². The highest BCUT2D eigenvalue weighted by Crippen LogP contribution is 2.34. The summed E-state index contributed by atoms with van der Waals surface area (Å²) in [4.78, 5) is 24.4. The fraction of sp³-hybridized carbons (Fsp3) is 0.167. The van der Waals surface area contributed by atoms with Crippen molar-refractivity contribution >= 4 is 43.5 Å². The van der Waals surface area contributed by atoms with E-state index in [2.05, 4.69) is 9.47 Å². The van der Waals surface area contributed by atoms with Gasteiger partial charge in [-0.15, -0.1) is 16.2 Å². The van der Waals surface area contributed by atoms with Gasteiger partial charge in [-0.3, -0.25) is 0 Å². The van der Waals surface area contributed by atoms with Crippen LogP contribution in [-0.2, 0) is 19.5 Å². The number of hydrogen-bond donors (Lipinski definition) is 2. The van der Waals surface area contributed by atoms with Crippen molar-refractivity contribution in [2.75, 3.05) is 14.2 Å². The molecule has 0 aliphatic rings. The maximum absolute atomic E-state index is 12.4. The van der Waals surface area contributed by atoms with Crippen molar-refractivity contribution in [1.82, 2.24) is 10.3 Å². The summed E-state index contributed by atoms with van der Waals surface area (Å²) in [5, 5.41) is 0.354. The Labute approximate surface area is 130 Å². The normalized spacial score (nSPS) is 11.2. The van der Waals surface area contributed by atoms with Crippen LogP contribution in [0.25, 0.3) is 10.1 Å². The van der Waals surface area contributed by atoms with Gasteiger partial charge in [0.25, 0.3) is 10.0 Å². The van der Waals surface area contributed by atoms with Crippen LogP contribution in [0.2, 0.25) is 0 Å². The van der Waals surface area contributed by atoms with Crippen molar-refractivity contribution in [3.05, 3.63) is 29.1 Å². The molecule has 0 saturated heterocycles. The number of thiophene rings is 1. The summed E-state index contributed by atoms with van der Waals surface area (Å²) < 4.78 is 34.3. The van der Waals surface area contributed by atoms with Gasteiger partial charge in [-0.2, -0.15) is 0 Å². The monoisotopic (exact) mass is 344 g/mol.